The van der Waals surface area contributed by atoms with Crippen LogP contribution in [-0.4, -0.2) is 93.7 Å². The van der Waals surface area contributed by atoms with Crippen molar-refractivity contribution in [2.75, 3.05) is 63.6 Å². The van der Waals surface area contributed by atoms with E-state index in [4.69, 9.17) is 4.74 Å². The van der Waals surface area contributed by atoms with Gasteiger partial charge in [-0.3, -0.25) is 4.79 Å². The van der Waals surface area contributed by atoms with Crippen molar-refractivity contribution < 1.29 is 22.7 Å². The number of nitrogens with zero attached hydrogens (tertiary/aromatic N) is 7. The molecule has 0 aliphatic carbocycles. The molecule has 2 saturated heterocycles. The van der Waals surface area contributed by atoms with Crippen molar-refractivity contribution >= 4 is 23.5 Å². The lowest BCUT2D eigenvalue weighted by molar-refractivity contribution is -0.137. The number of amides is 1. The van der Waals surface area contributed by atoms with Crippen molar-refractivity contribution in [3.63, 3.8) is 0 Å². The second kappa shape index (κ2) is 11.2. The molecule has 2 aliphatic heterocycles. The number of hydrogen-bond acceptors (Lipinski definition) is 9. The SMILES string of the molecule is CN1CCC(n2cc(Nc3ncc(C(F)(F)F)c(NCCCN4CCCOCC4=O)n3)nn2)CC1. The van der Waals surface area contributed by atoms with Crippen molar-refractivity contribution in [2.24, 2.45) is 0 Å². The van der Waals surface area contributed by atoms with Crippen LogP contribution in [0.2, 0.25) is 0 Å². The Balaban J connectivity index is 1.38. The minimum Gasteiger partial charge on any atom is -0.372 e. The Morgan fingerprint density at radius 1 is 1.23 bits per heavy atom. The monoisotopic (exact) mass is 497 g/mol. The summed E-state index contributed by atoms with van der Waals surface area (Å²) in [4.78, 5) is 23.8. The summed E-state index contributed by atoms with van der Waals surface area (Å²) in [5.41, 5.74) is -0.961. The lowest BCUT2D eigenvalue weighted by atomic mass is 10.1. The number of nitrogens with one attached hydrogen (secondary N) is 2. The Morgan fingerprint density at radius 2 is 2.03 bits per heavy atom. The van der Waals surface area contributed by atoms with Crippen molar-refractivity contribution in [3.05, 3.63) is 18.0 Å². The number of carbonyl (C=O) groups is 1. The second-order valence-corrected chi connectivity index (χ2v) is 8.76. The number of halogens is 3. The van der Waals surface area contributed by atoms with E-state index in [0.29, 0.717) is 31.9 Å². The number of ether oxygens (including phenoxy) is 1. The summed E-state index contributed by atoms with van der Waals surface area (Å²) in [7, 11) is 2.07. The van der Waals surface area contributed by atoms with E-state index in [9.17, 15) is 18.0 Å². The Hall–Kier alpha value is -3.00. The molecular formula is C21H30F3N9O2. The van der Waals surface area contributed by atoms with Crippen LogP contribution in [0.25, 0.3) is 0 Å². The van der Waals surface area contributed by atoms with Gasteiger partial charge in [0.25, 0.3) is 0 Å². The number of carbonyl (C=O) groups excluding carboxylic acids is 1. The first-order valence-corrected chi connectivity index (χ1v) is 11.7. The minimum absolute atomic E-state index is 0.0178. The first kappa shape index (κ1) is 25.1. The van der Waals surface area contributed by atoms with Crippen molar-refractivity contribution in [2.45, 2.75) is 37.9 Å². The molecule has 2 aliphatic rings. The highest BCUT2D eigenvalue weighted by Gasteiger charge is 2.35. The topological polar surface area (TPSA) is 113 Å². The highest BCUT2D eigenvalue weighted by molar-refractivity contribution is 5.77. The zero-order valence-corrected chi connectivity index (χ0v) is 19.6. The maximum absolute atomic E-state index is 13.5. The van der Waals surface area contributed by atoms with Crippen LogP contribution in [-0.2, 0) is 15.7 Å². The van der Waals surface area contributed by atoms with E-state index in [1.54, 1.807) is 15.8 Å². The van der Waals surface area contributed by atoms with Gasteiger partial charge >= 0.3 is 6.18 Å². The summed E-state index contributed by atoms with van der Waals surface area (Å²) >= 11 is 0. The van der Waals surface area contributed by atoms with Gasteiger partial charge < -0.3 is 25.2 Å². The molecule has 0 spiro atoms. The Labute approximate surface area is 201 Å². The molecule has 0 aromatic carbocycles. The average molecular weight is 498 g/mol. The second-order valence-electron chi connectivity index (χ2n) is 8.76. The quantitative estimate of drug-likeness (QED) is 0.530. The van der Waals surface area contributed by atoms with E-state index in [2.05, 4.69) is 42.9 Å². The van der Waals surface area contributed by atoms with Gasteiger partial charge in [0.15, 0.2) is 5.82 Å². The summed E-state index contributed by atoms with van der Waals surface area (Å²) in [6.07, 6.45) is 0.929. The van der Waals surface area contributed by atoms with E-state index in [-0.39, 0.29) is 36.9 Å². The fourth-order valence-corrected chi connectivity index (χ4v) is 4.12. The molecule has 0 saturated carbocycles. The maximum atomic E-state index is 13.5. The molecule has 192 valence electrons. The Morgan fingerprint density at radius 3 is 2.80 bits per heavy atom. The molecule has 0 radical (unpaired) electrons. The number of piperidine rings is 1. The predicted molar refractivity (Wildman–Crippen MR) is 121 cm³/mol. The van der Waals surface area contributed by atoms with Gasteiger partial charge in [-0.25, -0.2) is 9.67 Å². The van der Waals surface area contributed by atoms with Crippen molar-refractivity contribution in [1.82, 2.24) is 34.8 Å². The van der Waals surface area contributed by atoms with Crippen LogP contribution in [0.5, 0.6) is 0 Å². The van der Waals surface area contributed by atoms with E-state index in [1.165, 1.54) is 0 Å². The van der Waals surface area contributed by atoms with Gasteiger partial charge in [-0.2, -0.15) is 18.2 Å². The van der Waals surface area contributed by atoms with Gasteiger partial charge in [0.1, 0.15) is 18.0 Å². The molecular weight excluding hydrogens is 467 g/mol. The van der Waals surface area contributed by atoms with Crippen molar-refractivity contribution in [1.29, 1.82) is 0 Å². The normalized spacial score (nSPS) is 18.5. The zero-order valence-electron chi connectivity index (χ0n) is 19.6. The van der Waals surface area contributed by atoms with E-state index in [0.717, 1.165) is 38.5 Å². The predicted octanol–water partition coefficient (Wildman–Crippen LogP) is 2.15. The Kier molecular flexibility index (Phi) is 8.00. The van der Waals surface area contributed by atoms with Crippen LogP contribution in [0.15, 0.2) is 12.4 Å². The first-order chi connectivity index (χ1) is 16.8. The molecule has 35 heavy (non-hydrogen) atoms. The minimum atomic E-state index is -4.61. The van der Waals surface area contributed by atoms with Crippen LogP contribution in [0, 0.1) is 0 Å². The van der Waals surface area contributed by atoms with Crippen LogP contribution < -0.4 is 10.6 Å². The number of alkyl halides is 3. The summed E-state index contributed by atoms with van der Waals surface area (Å²) in [5.74, 6) is -0.101. The maximum Gasteiger partial charge on any atom is 0.421 e. The van der Waals surface area contributed by atoms with Gasteiger partial charge in [-0.15, -0.1) is 5.10 Å². The van der Waals surface area contributed by atoms with Crippen LogP contribution in [0.4, 0.5) is 30.8 Å². The van der Waals surface area contributed by atoms with Crippen LogP contribution in [0.1, 0.15) is 37.3 Å². The van der Waals surface area contributed by atoms with E-state index < -0.39 is 11.7 Å². The molecule has 4 rings (SSSR count). The summed E-state index contributed by atoms with van der Waals surface area (Å²) in [5, 5.41) is 13.8. The molecule has 14 heteroatoms. The number of rotatable bonds is 8. The molecule has 0 atom stereocenters. The molecule has 1 amide bonds. The van der Waals surface area contributed by atoms with E-state index in [1.807, 2.05) is 0 Å². The van der Waals surface area contributed by atoms with Crippen LogP contribution >= 0.6 is 0 Å². The van der Waals surface area contributed by atoms with Gasteiger partial charge in [-0.05, 0) is 45.8 Å². The number of hydrogen-bond donors (Lipinski definition) is 2. The zero-order chi connectivity index (χ0) is 24.8. The number of likely N-dealkylation sites (tertiary alicyclic amines) is 1. The third kappa shape index (κ3) is 6.78. The third-order valence-corrected chi connectivity index (χ3v) is 6.10. The fourth-order valence-electron chi connectivity index (χ4n) is 4.12. The Bertz CT molecular complexity index is 993. The summed E-state index contributed by atoms with van der Waals surface area (Å²) in [6, 6.07) is 0.225. The molecule has 2 fully saturated rings. The van der Waals surface area contributed by atoms with Crippen LogP contribution in [0.3, 0.4) is 0 Å². The standard InChI is InChI=1S/C21H30F3N9O2/c1-31-9-4-15(5-10-31)33-13-17(29-30-33)27-20-26-12-16(21(22,23)24)19(28-20)25-6-2-7-32-8-3-11-35-14-18(32)34/h12-13,15H,2-11,14H2,1H3,(H2,25,26,27,28). The highest BCUT2D eigenvalue weighted by atomic mass is 19.4. The van der Waals surface area contributed by atoms with Gasteiger partial charge in [0, 0.05) is 32.4 Å². The number of anilines is 3. The average Bonchev–Trinajstić information content (AvgIpc) is 3.18. The van der Waals surface area contributed by atoms with Gasteiger partial charge in [0.2, 0.25) is 11.9 Å². The fraction of sp³-hybridized carbons (Fsp3) is 0.667. The number of aromatic nitrogens is 5. The van der Waals surface area contributed by atoms with Crippen molar-refractivity contribution in [3.8, 4) is 0 Å². The lowest BCUT2D eigenvalue weighted by Crippen LogP contribution is -2.34. The lowest BCUT2D eigenvalue weighted by Gasteiger charge is -2.28. The third-order valence-electron chi connectivity index (χ3n) is 6.10. The molecule has 0 bridgehead atoms. The molecule has 2 aromatic rings. The van der Waals surface area contributed by atoms with Gasteiger partial charge in [0.05, 0.1) is 12.2 Å². The van der Waals surface area contributed by atoms with Gasteiger partial charge in [-0.1, -0.05) is 5.21 Å². The first-order valence-electron chi connectivity index (χ1n) is 11.7. The smallest absolute Gasteiger partial charge is 0.372 e. The molecule has 11 nitrogen and oxygen atoms in total. The summed E-state index contributed by atoms with van der Waals surface area (Å²) < 4.78 is 47.5. The molecule has 2 aromatic heterocycles. The largest absolute Gasteiger partial charge is 0.421 e. The molecule has 4 heterocycles. The highest BCUT2D eigenvalue weighted by Crippen LogP contribution is 2.34. The molecule has 0 unspecified atom stereocenters. The summed E-state index contributed by atoms with van der Waals surface area (Å²) in [6.45, 7) is 3.69. The van der Waals surface area contributed by atoms with E-state index >= 15 is 0 Å². The molecule has 2 N–H and O–H groups in total.